The van der Waals surface area contributed by atoms with Crippen molar-refractivity contribution in [2.75, 3.05) is 11.9 Å². The van der Waals surface area contributed by atoms with Crippen molar-refractivity contribution in [2.45, 2.75) is 6.54 Å². The molecule has 2 rings (SSSR count). The molecule has 0 aliphatic rings. The fourth-order valence-corrected chi connectivity index (χ4v) is 2.49. The maximum Gasteiger partial charge on any atom is 0.146 e. The van der Waals surface area contributed by atoms with Crippen LogP contribution in [0, 0.1) is 5.82 Å². The molecule has 1 nitrogen and oxygen atoms in total. The van der Waals surface area contributed by atoms with E-state index in [1.807, 2.05) is 36.2 Å². The molecule has 0 aliphatic heterocycles. The minimum absolute atomic E-state index is 0.228. The third-order valence-corrected chi connectivity index (χ3v) is 3.53. The number of halogens is 3. The summed E-state index contributed by atoms with van der Waals surface area (Å²) >= 11 is 9.51. The minimum atomic E-state index is -0.228. The molecule has 0 amide bonds. The zero-order valence-electron chi connectivity index (χ0n) is 9.83. The Balaban J connectivity index is 2.21. The van der Waals surface area contributed by atoms with Gasteiger partial charge in [0.15, 0.2) is 0 Å². The molecule has 0 atom stereocenters. The molecule has 0 bridgehead atoms. The molecule has 0 aromatic heterocycles. The van der Waals surface area contributed by atoms with Crippen molar-refractivity contribution < 1.29 is 4.39 Å². The first-order valence-electron chi connectivity index (χ1n) is 5.47. The monoisotopic (exact) mass is 327 g/mol. The summed E-state index contributed by atoms with van der Waals surface area (Å²) in [6.07, 6.45) is 0. The van der Waals surface area contributed by atoms with Crippen molar-refractivity contribution in [3.63, 3.8) is 0 Å². The van der Waals surface area contributed by atoms with Gasteiger partial charge in [-0.3, -0.25) is 0 Å². The average molecular weight is 329 g/mol. The van der Waals surface area contributed by atoms with Crippen LogP contribution in [0.15, 0.2) is 46.9 Å². The zero-order valence-corrected chi connectivity index (χ0v) is 12.2. The molecule has 0 unspecified atom stereocenters. The maximum absolute atomic E-state index is 13.6. The van der Waals surface area contributed by atoms with Crippen molar-refractivity contribution in [1.29, 1.82) is 0 Å². The molecule has 2 aromatic rings. The predicted molar refractivity (Wildman–Crippen MR) is 77.7 cm³/mol. The van der Waals surface area contributed by atoms with E-state index in [0.717, 1.165) is 10.0 Å². The Morgan fingerprint density at radius 2 is 1.94 bits per heavy atom. The van der Waals surface area contributed by atoms with Crippen LogP contribution < -0.4 is 4.90 Å². The molecule has 0 N–H and O–H groups in total. The Hall–Kier alpha value is -1.06. The van der Waals surface area contributed by atoms with Gasteiger partial charge in [-0.2, -0.15) is 0 Å². The minimum Gasteiger partial charge on any atom is -0.368 e. The van der Waals surface area contributed by atoms with E-state index in [9.17, 15) is 4.39 Å². The fourth-order valence-electron chi connectivity index (χ4n) is 1.75. The fraction of sp³-hybridized carbons (Fsp3) is 0.143. The summed E-state index contributed by atoms with van der Waals surface area (Å²) in [5, 5.41) is 0.674. The van der Waals surface area contributed by atoms with Crippen LogP contribution in [-0.4, -0.2) is 7.05 Å². The molecule has 0 aliphatic carbocycles. The van der Waals surface area contributed by atoms with Crippen molar-refractivity contribution in [3.05, 3.63) is 63.3 Å². The number of benzene rings is 2. The van der Waals surface area contributed by atoms with E-state index >= 15 is 0 Å². The van der Waals surface area contributed by atoms with Crippen LogP contribution in [0.1, 0.15) is 5.56 Å². The van der Waals surface area contributed by atoms with Crippen molar-refractivity contribution >= 4 is 33.2 Å². The largest absolute Gasteiger partial charge is 0.368 e. The van der Waals surface area contributed by atoms with Gasteiger partial charge in [-0.1, -0.05) is 45.7 Å². The van der Waals surface area contributed by atoms with Crippen LogP contribution in [0.5, 0.6) is 0 Å². The highest BCUT2D eigenvalue weighted by atomic mass is 79.9. The highest BCUT2D eigenvalue weighted by Gasteiger charge is 2.09. The smallest absolute Gasteiger partial charge is 0.146 e. The average Bonchev–Trinajstić information content (AvgIpc) is 2.33. The number of anilines is 1. The number of rotatable bonds is 3. The molecule has 0 saturated heterocycles. The van der Waals surface area contributed by atoms with Crippen molar-refractivity contribution in [1.82, 2.24) is 0 Å². The SMILES string of the molecule is CN(Cc1ccc(Br)cc1Cl)c1ccccc1F. The lowest BCUT2D eigenvalue weighted by atomic mass is 10.2. The molecule has 2 aromatic carbocycles. The van der Waals surface area contributed by atoms with E-state index < -0.39 is 0 Å². The van der Waals surface area contributed by atoms with Gasteiger partial charge in [-0.25, -0.2) is 4.39 Å². The molecule has 0 spiro atoms. The van der Waals surface area contributed by atoms with Crippen LogP contribution in [0.2, 0.25) is 5.02 Å². The molecule has 0 fully saturated rings. The van der Waals surface area contributed by atoms with E-state index in [-0.39, 0.29) is 5.82 Å². The lowest BCUT2D eigenvalue weighted by Crippen LogP contribution is -2.17. The lowest BCUT2D eigenvalue weighted by Gasteiger charge is -2.20. The van der Waals surface area contributed by atoms with Crippen molar-refractivity contribution in [3.8, 4) is 0 Å². The second-order valence-electron chi connectivity index (χ2n) is 4.04. The zero-order chi connectivity index (χ0) is 13.1. The quantitative estimate of drug-likeness (QED) is 0.776. The van der Waals surface area contributed by atoms with E-state index in [1.165, 1.54) is 6.07 Å². The van der Waals surface area contributed by atoms with E-state index in [1.54, 1.807) is 12.1 Å². The third kappa shape index (κ3) is 3.03. The third-order valence-electron chi connectivity index (χ3n) is 2.69. The van der Waals surface area contributed by atoms with Crippen LogP contribution in [-0.2, 0) is 6.54 Å². The van der Waals surface area contributed by atoms with Crippen LogP contribution in [0.4, 0.5) is 10.1 Å². The number of hydrogen-bond acceptors (Lipinski definition) is 1. The Bertz CT molecular complexity index is 559. The number of para-hydroxylation sites is 1. The van der Waals surface area contributed by atoms with Gasteiger partial charge in [-0.05, 0) is 29.8 Å². The van der Waals surface area contributed by atoms with Gasteiger partial charge in [0.05, 0.1) is 5.69 Å². The Morgan fingerprint density at radius 1 is 1.22 bits per heavy atom. The van der Waals surface area contributed by atoms with Gasteiger partial charge in [0.1, 0.15) is 5.82 Å². The first kappa shape index (κ1) is 13.4. The van der Waals surface area contributed by atoms with E-state index in [0.29, 0.717) is 17.3 Å². The lowest BCUT2D eigenvalue weighted by molar-refractivity contribution is 0.622. The van der Waals surface area contributed by atoms with E-state index in [2.05, 4.69) is 15.9 Å². The highest BCUT2D eigenvalue weighted by molar-refractivity contribution is 9.10. The Labute approximate surface area is 119 Å². The Kier molecular flexibility index (Phi) is 4.25. The first-order valence-corrected chi connectivity index (χ1v) is 6.64. The summed E-state index contributed by atoms with van der Waals surface area (Å²) in [4.78, 5) is 1.84. The van der Waals surface area contributed by atoms with Gasteiger partial charge in [-0.15, -0.1) is 0 Å². The second kappa shape index (κ2) is 5.72. The summed E-state index contributed by atoms with van der Waals surface area (Å²) in [5.74, 6) is -0.228. The Morgan fingerprint density at radius 3 is 2.61 bits per heavy atom. The molecule has 0 saturated carbocycles. The van der Waals surface area contributed by atoms with Crippen molar-refractivity contribution in [2.24, 2.45) is 0 Å². The molecule has 0 radical (unpaired) electrons. The summed E-state index contributed by atoms with van der Waals surface area (Å²) in [5.41, 5.74) is 1.53. The van der Waals surface area contributed by atoms with Gasteiger partial charge in [0.25, 0.3) is 0 Å². The van der Waals surface area contributed by atoms with Gasteiger partial charge in [0.2, 0.25) is 0 Å². The van der Waals surface area contributed by atoms with Gasteiger partial charge >= 0.3 is 0 Å². The summed E-state index contributed by atoms with van der Waals surface area (Å²) in [7, 11) is 1.84. The maximum atomic E-state index is 13.6. The summed E-state index contributed by atoms with van der Waals surface area (Å²) < 4.78 is 14.6. The predicted octanol–water partition coefficient (Wildman–Crippen LogP) is 4.88. The molecule has 18 heavy (non-hydrogen) atoms. The number of hydrogen-bond donors (Lipinski definition) is 0. The topological polar surface area (TPSA) is 3.24 Å². The summed E-state index contributed by atoms with van der Waals surface area (Å²) in [6, 6.07) is 12.4. The van der Waals surface area contributed by atoms with E-state index in [4.69, 9.17) is 11.6 Å². The summed E-state index contributed by atoms with van der Waals surface area (Å²) in [6.45, 7) is 0.563. The van der Waals surface area contributed by atoms with Gasteiger partial charge in [0, 0.05) is 23.1 Å². The van der Waals surface area contributed by atoms with Gasteiger partial charge < -0.3 is 4.90 Å². The normalized spacial score (nSPS) is 10.4. The van der Waals surface area contributed by atoms with Crippen LogP contribution >= 0.6 is 27.5 Å². The molecular formula is C14H12BrClFN. The molecule has 94 valence electrons. The first-order chi connectivity index (χ1) is 8.58. The molecular weight excluding hydrogens is 317 g/mol. The van der Waals surface area contributed by atoms with Crippen LogP contribution in [0.3, 0.4) is 0 Å². The molecule has 4 heteroatoms. The number of nitrogens with zero attached hydrogens (tertiary/aromatic N) is 1. The highest BCUT2D eigenvalue weighted by Crippen LogP contribution is 2.25. The molecule has 0 heterocycles. The van der Waals surface area contributed by atoms with Crippen LogP contribution in [0.25, 0.3) is 0 Å². The second-order valence-corrected chi connectivity index (χ2v) is 5.37. The standard InChI is InChI=1S/C14H12BrClFN/c1-18(14-5-3-2-4-13(14)17)9-10-6-7-11(15)8-12(10)16/h2-8H,9H2,1H3.